The Kier molecular flexibility index (Phi) is 4.71. The Morgan fingerprint density at radius 1 is 1.30 bits per heavy atom. The van der Waals surface area contributed by atoms with E-state index < -0.39 is 0 Å². The summed E-state index contributed by atoms with van der Waals surface area (Å²) in [6.07, 6.45) is 3.30. The summed E-state index contributed by atoms with van der Waals surface area (Å²) in [4.78, 5) is 33.7. The van der Waals surface area contributed by atoms with Gasteiger partial charge in [-0.2, -0.15) is 0 Å². The molecule has 1 saturated heterocycles. The van der Waals surface area contributed by atoms with Crippen LogP contribution in [0, 0.1) is 0 Å². The van der Waals surface area contributed by atoms with Gasteiger partial charge in [-0.1, -0.05) is 23.9 Å². The number of carbonyl (C=O) groups excluding carboxylic acids is 1. The maximum absolute atomic E-state index is 12.5. The zero-order valence-corrected chi connectivity index (χ0v) is 14.2. The van der Waals surface area contributed by atoms with Crippen molar-refractivity contribution in [2.24, 2.45) is 0 Å². The number of carbonyl (C=O) groups is 1. The second-order valence-corrected chi connectivity index (χ2v) is 7.07. The van der Waals surface area contributed by atoms with Gasteiger partial charge in [0, 0.05) is 12.1 Å². The number of likely N-dealkylation sites (tertiary alicyclic amines) is 1. The highest BCUT2D eigenvalue weighted by molar-refractivity contribution is 7.99. The van der Waals surface area contributed by atoms with E-state index in [0.29, 0.717) is 21.8 Å². The number of piperidine rings is 1. The summed E-state index contributed by atoms with van der Waals surface area (Å²) in [6, 6.07) is 7.80. The maximum atomic E-state index is 12.5. The summed E-state index contributed by atoms with van der Waals surface area (Å²) in [5.41, 5.74) is 0.496. The highest BCUT2D eigenvalue weighted by Gasteiger charge is 2.28. The molecule has 1 fully saturated rings. The minimum Gasteiger partial charge on any atom is -0.337 e. The van der Waals surface area contributed by atoms with Crippen LogP contribution in [0.4, 0.5) is 0 Å². The SMILES string of the molecule is C[C@@H]1CCC[C@H](C)N1C(=O)CSc1nc2ccccc2c(=O)[nH]1. The standard InChI is InChI=1S/C17H21N3O2S/c1-11-6-5-7-12(2)20(11)15(21)10-23-17-18-14-9-4-3-8-13(14)16(22)19-17/h3-4,8-9,11-12H,5-7,10H2,1-2H3,(H,18,19,22)/t11-,12+. The van der Waals surface area contributed by atoms with Gasteiger partial charge < -0.3 is 9.88 Å². The van der Waals surface area contributed by atoms with Crippen LogP contribution in [0.2, 0.25) is 0 Å². The first-order chi connectivity index (χ1) is 11.1. The van der Waals surface area contributed by atoms with Crippen molar-refractivity contribution < 1.29 is 4.79 Å². The number of para-hydroxylation sites is 1. The van der Waals surface area contributed by atoms with Crippen molar-refractivity contribution in [2.45, 2.75) is 50.4 Å². The molecule has 0 spiro atoms. The van der Waals surface area contributed by atoms with Crippen LogP contribution in [-0.2, 0) is 4.79 Å². The number of hydrogen-bond donors (Lipinski definition) is 1. The molecule has 0 bridgehead atoms. The van der Waals surface area contributed by atoms with Gasteiger partial charge in [0.1, 0.15) is 0 Å². The predicted octanol–water partition coefficient (Wildman–Crippen LogP) is 2.80. The van der Waals surface area contributed by atoms with E-state index in [2.05, 4.69) is 23.8 Å². The number of H-pyrrole nitrogens is 1. The van der Waals surface area contributed by atoms with Gasteiger partial charge in [0.05, 0.1) is 16.7 Å². The summed E-state index contributed by atoms with van der Waals surface area (Å²) in [5, 5.41) is 1.07. The summed E-state index contributed by atoms with van der Waals surface area (Å²) >= 11 is 1.30. The monoisotopic (exact) mass is 331 g/mol. The number of nitrogens with one attached hydrogen (secondary N) is 1. The van der Waals surface area contributed by atoms with Crippen molar-refractivity contribution in [3.63, 3.8) is 0 Å². The van der Waals surface area contributed by atoms with Crippen LogP contribution in [0.5, 0.6) is 0 Å². The van der Waals surface area contributed by atoms with E-state index >= 15 is 0 Å². The summed E-state index contributed by atoms with van der Waals surface area (Å²) in [5.74, 6) is 0.418. The Labute approximate surface area is 139 Å². The number of fused-ring (bicyclic) bond motifs is 1. The minimum absolute atomic E-state index is 0.116. The van der Waals surface area contributed by atoms with Gasteiger partial charge in [-0.15, -0.1) is 0 Å². The average molecular weight is 331 g/mol. The third-order valence-corrected chi connectivity index (χ3v) is 5.26. The summed E-state index contributed by atoms with van der Waals surface area (Å²) < 4.78 is 0. The van der Waals surface area contributed by atoms with Crippen LogP contribution in [0.25, 0.3) is 10.9 Å². The first-order valence-corrected chi connectivity index (χ1v) is 8.98. The third kappa shape index (κ3) is 3.42. The number of amides is 1. The lowest BCUT2D eigenvalue weighted by Crippen LogP contribution is -2.48. The lowest BCUT2D eigenvalue weighted by molar-refractivity contribution is -0.134. The number of benzene rings is 1. The predicted molar refractivity (Wildman–Crippen MR) is 92.7 cm³/mol. The van der Waals surface area contributed by atoms with Crippen molar-refractivity contribution in [3.8, 4) is 0 Å². The van der Waals surface area contributed by atoms with E-state index in [0.717, 1.165) is 12.8 Å². The van der Waals surface area contributed by atoms with Gasteiger partial charge >= 0.3 is 0 Å². The molecule has 122 valence electrons. The molecule has 0 radical (unpaired) electrons. The Morgan fingerprint density at radius 3 is 2.74 bits per heavy atom. The molecule has 1 N–H and O–H groups in total. The molecule has 1 aliphatic rings. The Morgan fingerprint density at radius 2 is 2.00 bits per heavy atom. The highest BCUT2D eigenvalue weighted by Crippen LogP contribution is 2.24. The van der Waals surface area contributed by atoms with E-state index in [1.54, 1.807) is 6.07 Å². The highest BCUT2D eigenvalue weighted by atomic mass is 32.2. The Hall–Kier alpha value is -1.82. The molecule has 2 atom stereocenters. The molecule has 1 aromatic heterocycles. The molecular weight excluding hydrogens is 310 g/mol. The average Bonchev–Trinajstić information content (AvgIpc) is 2.53. The molecule has 5 nitrogen and oxygen atoms in total. The van der Waals surface area contributed by atoms with E-state index in [4.69, 9.17) is 0 Å². The summed E-state index contributed by atoms with van der Waals surface area (Å²) in [6.45, 7) is 4.21. The molecule has 3 rings (SSSR count). The largest absolute Gasteiger partial charge is 0.337 e. The molecule has 2 aromatic rings. The van der Waals surface area contributed by atoms with E-state index in [1.165, 1.54) is 18.2 Å². The second-order valence-electron chi connectivity index (χ2n) is 6.11. The van der Waals surface area contributed by atoms with Crippen LogP contribution >= 0.6 is 11.8 Å². The molecule has 1 aromatic carbocycles. The topological polar surface area (TPSA) is 66.1 Å². The van der Waals surface area contributed by atoms with Crippen molar-refractivity contribution in [2.75, 3.05) is 5.75 Å². The molecule has 23 heavy (non-hydrogen) atoms. The first kappa shape index (κ1) is 16.1. The van der Waals surface area contributed by atoms with Crippen molar-refractivity contribution in [1.29, 1.82) is 0 Å². The second kappa shape index (κ2) is 6.74. The van der Waals surface area contributed by atoms with Gasteiger partial charge in [-0.3, -0.25) is 9.59 Å². The van der Waals surface area contributed by atoms with Gasteiger partial charge in [-0.25, -0.2) is 4.98 Å². The molecule has 1 aliphatic heterocycles. The van der Waals surface area contributed by atoms with Gasteiger partial charge in [0.25, 0.3) is 5.56 Å². The maximum Gasteiger partial charge on any atom is 0.259 e. The van der Waals surface area contributed by atoms with Gasteiger partial charge in [0.15, 0.2) is 5.16 Å². The number of hydrogen-bond acceptors (Lipinski definition) is 4. The molecule has 0 aliphatic carbocycles. The molecule has 6 heteroatoms. The van der Waals surface area contributed by atoms with Crippen LogP contribution in [0.3, 0.4) is 0 Å². The zero-order valence-electron chi connectivity index (χ0n) is 13.4. The van der Waals surface area contributed by atoms with Crippen LogP contribution in [0.15, 0.2) is 34.2 Å². The number of rotatable bonds is 3. The minimum atomic E-state index is -0.162. The Balaban J connectivity index is 1.73. The first-order valence-electron chi connectivity index (χ1n) is 7.99. The van der Waals surface area contributed by atoms with E-state index in [1.807, 2.05) is 23.1 Å². The normalized spacial score (nSPS) is 21.6. The molecule has 0 unspecified atom stereocenters. The fraction of sp³-hybridized carbons (Fsp3) is 0.471. The van der Waals surface area contributed by atoms with E-state index in [9.17, 15) is 9.59 Å². The van der Waals surface area contributed by atoms with Crippen molar-refractivity contribution in [1.82, 2.24) is 14.9 Å². The molecule has 0 saturated carbocycles. The number of nitrogens with zero attached hydrogens (tertiary/aromatic N) is 2. The fourth-order valence-electron chi connectivity index (χ4n) is 3.25. The summed E-state index contributed by atoms with van der Waals surface area (Å²) in [7, 11) is 0. The fourth-order valence-corrected chi connectivity index (χ4v) is 3.99. The van der Waals surface area contributed by atoms with E-state index in [-0.39, 0.29) is 23.6 Å². The van der Waals surface area contributed by atoms with Crippen LogP contribution in [-0.4, -0.2) is 38.6 Å². The number of thioether (sulfide) groups is 1. The van der Waals surface area contributed by atoms with Crippen LogP contribution in [0.1, 0.15) is 33.1 Å². The number of aromatic amines is 1. The Bertz CT molecular complexity index is 764. The van der Waals surface area contributed by atoms with Gasteiger partial charge in [-0.05, 0) is 45.2 Å². The molecule has 1 amide bonds. The lowest BCUT2D eigenvalue weighted by atomic mass is 9.98. The molecule has 2 heterocycles. The van der Waals surface area contributed by atoms with Crippen LogP contribution < -0.4 is 5.56 Å². The van der Waals surface area contributed by atoms with Crippen molar-refractivity contribution in [3.05, 3.63) is 34.6 Å². The molecular formula is C17H21N3O2S. The smallest absolute Gasteiger partial charge is 0.259 e. The lowest BCUT2D eigenvalue weighted by Gasteiger charge is -2.39. The number of aromatic nitrogens is 2. The zero-order chi connectivity index (χ0) is 16.4. The quantitative estimate of drug-likeness (QED) is 0.694. The van der Waals surface area contributed by atoms with Gasteiger partial charge in [0.2, 0.25) is 5.91 Å². The third-order valence-electron chi connectivity index (χ3n) is 4.41. The van der Waals surface area contributed by atoms with Crippen molar-refractivity contribution >= 4 is 28.6 Å².